The monoisotopic (exact) mass is 307 g/mol. The first-order valence-corrected chi connectivity index (χ1v) is 6.23. The number of benzene rings is 1. The van der Waals surface area contributed by atoms with Crippen molar-refractivity contribution in [3.8, 4) is 0 Å². The van der Waals surface area contributed by atoms with Crippen LogP contribution in [-0.2, 0) is 4.74 Å². The van der Waals surface area contributed by atoms with Gasteiger partial charge in [-0.25, -0.2) is 13.6 Å². The molecule has 0 aliphatic heterocycles. The van der Waals surface area contributed by atoms with E-state index >= 15 is 0 Å². The number of hydrogen-bond acceptors (Lipinski definition) is 3. The largest absolute Gasteiger partial charge is 0.444 e. The minimum atomic E-state index is -2.93. The van der Waals surface area contributed by atoms with Crippen molar-refractivity contribution in [1.29, 1.82) is 0 Å². The van der Waals surface area contributed by atoms with Gasteiger partial charge in [0.05, 0.1) is 0 Å². The summed E-state index contributed by atoms with van der Waals surface area (Å²) in [6, 6.07) is 3.86. The van der Waals surface area contributed by atoms with Crippen molar-refractivity contribution in [2.75, 3.05) is 5.32 Å². The van der Waals surface area contributed by atoms with E-state index in [4.69, 9.17) is 16.3 Å². The van der Waals surface area contributed by atoms with E-state index in [2.05, 4.69) is 5.32 Å². The van der Waals surface area contributed by atoms with Gasteiger partial charge in [-0.3, -0.25) is 5.32 Å². The van der Waals surface area contributed by atoms with Gasteiger partial charge in [0.1, 0.15) is 11.7 Å². The molecule has 0 radical (unpaired) electrons. The zero-order valence-corrected chi connectivity index (χ0v) is 12.0. The van der Waals surface area contributed by atoms with Crippen LogP contribution < -0.4 is 5.32 Å². The molecule has 7 heteroatoms. The molecule has 1 amide bonds. The molecule has 0 aliphatic carbocycles. The summed E-state index contributed by atoms with van der Waals surface area (Å²) < 4.78 is 29.8. The van der Waals surface area contributed by atoms with Gasteiger partial charge in [0, 0.05) is 16.3 Å². The maximum Gasteiger partial charge on any atom is 0.412 e. The second-order valence-electron chi connectivity index (χ2n) is 5.14. The number of aliphatic hydroxyl groups excluding tert-OH is 1. The maximum absolute atomic E-state index is 12.4. The van der Waals surface area contributed by atoms with E-state index in [1.807, 2.05) is 0 Å². The first-order valence-electron chi connectivity index (χ1n) is 5.86. The van der Waals surface area contributed by atoms with Gasteiger partial charge in [-0.2, -0.15) is 0 Å². The van der Waals surface area contributed by atoms with Gasteiger partial charge in [-0.1, -0.05) is 17.7 Å². The molecule has 0 aliphatic rings. The van der Waals surface area contributed by atoms with Crippen LogP contribution in [-0.4, -0.2) is 23.2 Å². The van der Waals surface area contributed by atoms with Crippen molar-refractivity contribution < 1.29 is 23.4 Å². The Labute approximate surface area is 120 Å². The molecule has 0 spiro atoms. The first kappa shape index (κ1) is 16.7. The standard InChI is InChI=1S/C13H16ClF2NO3/c1-13(2,3)20-12(19)17-7-4-5-8(9(14)6-7)10(18)11(15)16/h4-6,10-11,18H,1-3H3,(H,17,19). The molecule has 1 atom stereocenters. The fourth-order valence-electron chi connectivity index (χ4n) is 1.40. The highest BCUT2D eigenvalue weighted by Crippen LogP contribution is 2.29. The molecule has 20 heavy (non-hydrogen) atoms. The number of hydrogen-bond donors (Lipinski definition) is 2. The van der Waals surface area contributed by atoms with Gasteiger partial charge in [-0.05, 0) is 32.9 Å². The Kier molecular flexibility index (Phi) is 5.30. The fraction of sp³-hybridized carbons (Fsp3) is 0.462. The maximum atomic E-state index is 12.4. The third-order valence-corrected chi connectivity index (χ3v) is 2.53. The van der Waals surface area contributed by atoms with Crippen molar-refractivity contribution >= 4 is 23.4 Å². The van der Waals surface area contributed by atoms with E-state index in [-0.39, 0.29) is 16.3 Å². The van der Waals surface area contributed by atoms with Gasteiger partial charge in [0.2, 0.25) is 0 Å². The topological polar surface area (TPSA) is 58.6 Å². The van der Waals surface area contributed by atoms with Gasteiger partial charge < -0.3 is 9.84 Å². The Hall–Kier alpha value is -1.40. The normalized spacial score (nSPS) is 13.2. The number of carbonyl (C=O) groups is 1. The number of carbonyl (C=O) groups excluding carboxylic acids is 1. The third kappa shape index (κ3) is 4.94. The van der Waals surface area contributed by atoms with Crippen LogP contribution in [0, 0.1) is 0 Å². The summed E-state index contributed by atoms with van der Waals surface area (Å²) in [6.07, 6.45) is -5.58. The number of nitrogens with one attached hydrogen (secondary N) is 1. The number of ether oxygens (including phenoxy) is 1. The molecule has 112 valence electrons. The second kappa shape index (κ2) is 6.37. The molecule has 0 heterocycles. The summed E-state index contributed by atoms with van der Waals surface area (Å²) in [6.45, 7) is 5.13. The average molecular weight is 308 g/mol. The van der Waals surface area contributed by atoms with Crippen molar-refractivity contribution in [3.05, 3.63) is 28.8 Å². The average Bonchev–Trinajstić information content (AvgIpc) is 2.25. The highest BCUT2D eigenvalue weighted by Gasteiger charge is 2.22. The zero-order valence-electron chi connectivity index (χ0n) is 11.3. The SMILES string of the molecule is CC(C)(C)OC(=O)Nc1ccc(C(O)C(F)F)c(Cl)c1. The van der Waals surface area contributed by atoms with Crippen LogP contribution in [0.25, 0.3) is 0 Å². The van der Waals surface area contributed by atoms with E-state index in [0.717, 1.165) is 0 Å². The molecule has 1 aromatic carbocycles. The molecular formula is C13H16ClF2NO3. The molecule has 0 saturated carbocycles. The Bertz CT molecular complexity index is 489. The lowest BCUT2D eigenvalue weighted by atomic mass is 10.1. The summed E-state index contributed by atoms with van der Waals surface area (Å²) in [4.78, 5) is 11.5. The summed E-state index contributed by atoms with van der Waals surface area (Å²) in [5.41, 5.74) is -0.467. The quantitative estimate of drug-likeness (QED) is 0.888. The molecule has 1 unspecified atom stereocenters. The number of rotatable bonds is 3. The summed E-state index contributed by atoms with van der Waals surface area (Å²) in [5.74, 6) is 0. The zero-order chi connectivity index (χ0) is 15.5. The summed E-state index contributed by atoms with van der Waals surface area (Å²) in [7, 11) is 0. The minimum absolute atomic E-state index is 0.0636. The van der Waals surface area contributed by atoms with Crippen LogP contribution in [0.4, 0.5) is 19.3 Å². The van der Waals surface area contributed by atoms with Crippen LogP contribution in [0.5, 0.6) is 0 Å². The van der Waals surface area contributed by atoms with Crippen molar-refractivity contribution in [2.24, 2.45) is 0 Å². The van der Waals surface area contributed by atoms with Crippen molar-refractivity contribution in [3.63, 3.8) is 0 Å². The molecule has 0 saturated heterocycles. The van der Waals surface area contributed by atoms with E-state index in [1.54, 1.807) is 20.8 Å². The Balaban J connectivity index is 2.80. The smallest absolute Gasteiger partial charge is 0.412 e. The number of halogens is 3. The van der Waals surface area contributed by atoms with Crippen molar-refractivity contribution in [2.45, 2.75) is 38.9 Å². The highest BCUT2D eigenvalue weighted by atomic mass is 35.5. The van der Waals surface area contributed by atoms with Gasteiger partial charge in [-0.15, -0.1) is 0 Å². The highest BCUT2D eigenvalue weighted by molar-refractivity contribution is 6.31. The number of amides is 1. The van der Waals surface area contributed by atoms with Crippen molar-refractivity contribution in [1.82, 2.24) is 0 Å². The van der Waals surface area contributed by atoms with Gasteiger partial charge >= 0.3 is 6.09 Å². The molecule has 0 bridgehead atoms. The molecule has 0 fully saturated rings. The van der Waals surface area contributed by atoms with Crippen LogP contribution in [0.15, 0.2) is 18.2 Å². The lowest BCUT2D eigenvalue weighted by Gasteiger charge is -2.20. The summed E-state index contributed by atoms with van der Waals surface area (Å²) >= 11 is 5.80. The minimum Gasteiger partial charge on any atom is -0.444 e. The molecular weight excluding hydrogens is 292 g/mol. The Morgan fingerprint density at radius 2 is 2.00 bits per heavy atom. The van der Waals surface area contributed by atoms with E-state index in [0.29, 0.717) is 0 Å². The lowest BCUT2D eigenvalue weighted by Crippen LogP contribution is -2.27. The summed E-state index contributed by atoms with van der Waals surface area (Å²) in [5, 5.41) is 11.6. The predicted molar refractivity (Wildman–Crippen MR) is 72.3 cm³/mol. The van der Waals surface area contributed by atoms with Crippen LogP contribution in [0.3, 0.4) is 0 Å². The van der Waals surface area contributed by atoms with Crippen LogP contribution >= 0.6 is 11.6 Å². The fourth-order valence-corrected chi connectivity index (χ4v) is 1.69. The van der Waals surface area contributed by atoms with Crippen LogP contribution in [0.2, 0.25) is 5.02 Å². The Morgan fingerprint density at radius 3 is 2.45 bits per heavy atom. The lowest BCUT2D eigenvalue weighted by molar-refractivity contribution is -0.00572. The Morgan fingerprint density at radius 1 is 1.40 bits per heavy atom. The molecule has 2 N–H and O–H groups in total. The number of anilines is 1. The molecule has 1 rings (SSSR count). The number of alkyl halides is 2. The first-order chi connectivity index (χ1) is 9.10. The third-order valence-electron chi connectivity index (χ3n) is 2.20. The van der Waals surface area contributed by atoms with Crippen LogP contribution in [0.1, 0.15) is 32.4 Å². The second-order valence-corrected chi connectivity index (χ2v) is 5.55. The predicted octanol–water partition coefficient (Wildman–Crippen LogP) is 3.99. The van der Waals surface area contributed by atoms with Gasteiger partial charge in [0.25, 0.3) is 6.43 Å². The molecule has 1 aromatic rings. The van der Waals surface area contributed by atoms with E-state index in [1.165, 1.54) is 18.2 Å². The molecule has 4 nitrogen and oxygen atoms in total. The van der Waals surface area contributed by atoms with E-state index in [9.17, 15) is 18.7 Å². The van der Waals surface area contributed by atoms with Gasteiger partial charge in [0.15, 0.2) is 0 Å². The number of aliphatic hydroxyl groups is 1. The van der Waals surface area contributed by atoms with E-state index < -0.39 is 24.2 Å². The molecule has 0 aromatic heterocycles.